The van der Waals surface area contributed by atoms with Crippen LogP contribution in [-0.2, 0) is 18.4 Å². The van der Waals surface area contributed by atoms with Gasteiger partial charge in [-0.1, -0.05) is 277 Å². The number of carbonyl (C=O) groups is 1. The van der Waals surface area contributed by atoms with Crippen LogP contribution in [0.2, 0.25) is 0 Å². The van der Waals surface area contributed by atoms with Crippen LogP contribution < -0.4 is 5.32 Å². The number of carbonyl (C=O) groups excluding carboxylic acids is 1. The van der Waals surface area contributed by atoms with Crippen molar-refractivity contribution in [2.24, 2.45) is 0 Å². The van der Waals surface area contributed by atoms with Crippen LogP contribution in [0.3, 0.4) is 0 Å². The predicted molar refractivity (Wildman–Crippen MR) is 277 cm³/mol. The zero-order valence-corrected chi connectivity index (χ0v) is 44.7. The van der Waals surface area contributed by atoms with E-state index in [1.54, 1.807) is 0 Å². The molecule has 9 heteroatoms. The molecule has 0 bridgehead atoms. The van der Waals surface area contributed by atoms with Crippen LogP contribution in [0.25, 0.3) is 0 Å². The first kappa shape index (κ1) is 63.5. The number of likely N-dealkylation sites (N-methyl/N-ethyl adjacent to an activating group) is 1. The maximum Gasteiger partial charge on any atom is 0.472 e. The lowest BCUT2D eigenvalue weighted by atomic mass is 10.0. The molecule has 64 heavy (non-hydrogen) atoms. The van der Waals surface area contributed by atoms with Gasteiger partial charge in [0.25, 0.3) is 0 Å². The summed E-state index contributed by atoms with van der Waals surface area (Å²) in [6, 6.07) is -0.753. The molecule has 3 unspecified atom stereocenters. The predicted octanol–water partition coefficient (Wildman–Crippen LogP) is 16.9. The molecule has 1 amide bonds. The van der Waals surface area contributed by atoms with Crippen molar-refractivity contribution in [3.8, 4) is 0 Å². The first-order valence-electron chi connectivity index (χ1n) is 28.4. The van der Waals surface area contributed by atoms with Crippen molar-refractivity contribution in [1.82, 2.24) is 5.32 Å². The highest BCUT2D eigenvalue weighted by atomic mass is 31.2. The molecule has 0 aliphatic carbocycles. The molecule has 3 atom stereocenters. The standard InChI is InChI=1S/C55H113N2O6P/c1-6-8-10-12-14-16-18-19-20-21-22-23-24-25-26-27-28-29-30-31-32-33-34-35-36-37-39-41-43-45-47-49-55(59)56-53(52-63-64(60,61)62-51-50-57(3,4)5)54(58)48-46-44-42-40-38-17-15-13-11-9-7-2/h53-54,58H,6-52H2,1-5H3,(H-,56,59,60,61)/p+1. The molecule has 384 valence electrons. The van der Waals surface area contributed by atoms with Crippen LogP contribution in [0.4, 0.5) is 0 Å². The normalized spacial score (nSPS) is 13.9. The molecule has 0 aromatic carbocycles. The molecular formula is C55H114N2O6P+. The number of hydrogen-bond acceptors (Lipinski definition) is 5. The van der Waals surface area contributed by atoms with E-state index in [0.717, 1.165) is 38.5 Å². The Bertz CT molecular complexity index is 1010. The number of rotatable bonds is 53. The van der Waals surface area contributed by atoms with E-state index in [1.165, 1.54) is 231 Å². The summed E-state index contributed by atoms with van der Waals surface area (Å²) in [5, 5.41) is 14.0. The number of aliphatic hydroxyl groups excluding tert-OH is 1. The molecule has 8 nitrogen and oxygen atoms in total. The Morgan fingerprint density at radius 1 is 0.469 bits per heavy atom. The van der Waals surface area contributed by atoms with Gasteiger partial charge in [0.15, 0.2) is 0 Å². The second kappa shape index (κ2) is 47.6. The van der Waals surface area contributed by atoms with Gasteiger partial charge in [-0.15, -0.1) is 0 Å². The summed E-state index contributed by atoms with van der Waals surface area (Å²) in [4.78, 5) is 23.2. The Labute approximate surface area is 399 Å². The third kappa shape index (κ3) is 49.4. The first-order valence-corrected chi connectivity index (χ1v) is 29.9. The number of phosphoric ester groups is 1. The van der Waals surface area contributed by atoms with Gasteiger partial charge in [0.1, 0.15) is 13.2 Å². The van der Waals surface area contributed by atoms with Gasteiger partial charge in [0.05, 0.1) is 39.9 Å². The van der Waals surface area contributed by atoms with Crippen LogP contribution in [0.5, 0.6) is 0 Å². The lowest BCUT2D eigenvalue weighted by Crippen LogP contribution is -2.46. The second-order valence-electron chi connectivity index (χ2n) is 21.0. The van der Waals surface area contributed by atoms with Gasteiger partial charge < -0.3 is 19.8 Å². The number of quaternary nitrogens is 1. The van der Waals surface area contributed by atoms with Crippen LogP contribution in [0, 0.1) is 0 Å². The summed E-state index contributed by atoms with van der Waals surface area (Å²) < 4.78 is 23.7. The minimum absolute atomic E-state index is 0.0787. The van der Waals surface area contributed by atoms with Gasteiger partial charge in [0, 0.05) is 6.42 Å². The highest BCUT2D eigenvalue weighted by Crippen LogP contribution is 2.43. The number of amides is 1. The summed E-state index contributed by atoms with van der Waals surface area (Å²) in [7, 11) is 1.63. The van der Waals surface area contributed by atoms with E-state index in [-0.39, 0.29) is 19.1 Å². The fourth-order valence-corrected chi connectivity index (χ4v) is 9.61. The monoisotopic (exact) mass is 930 g/mol. The van der Waals surface area contributed by atoms with Crippen molar-refractivity contribution < 1.29 is 32.9 Å². The molecule has 0 aromatic rings. The zero-order chi connectivity index (χ0) is 47.1. The summed E-state index contributed by atoms with van der Waals surface area (Å²) in [5.41, 5.74) is 0. The van der Waals surface area contributed by atoms with E-state index in [9.17, 15) is 19.4 Å². The minimum atomic E-state index is -4.31. The lowest BCUT2D eigenvalue weighted by Gasteiger charge is -2.26. The number of unbranched alkanes of at least 4 members (excludes halogenated alkanes) is 40. The third-order valence-electron chi connectivity index (χ3n) is 13.4. The molecule has 0 aromatic heterocycles. The van der Waals surface area contributed by atoms with Crippen LogP contribution in [0.1, 0.15) is 296 Å². The maximum absolute atomic E-state index is 12.9. The van der Waals surface area contributed by atoms with Crippen molar-refractivity contribution in [3.05, 3.63) is 0 Å². The van der Waals surface area contributed by atoms with Gasteiger partial charge >= 0.3 is 7.82 Å². The van der Waals surface area contributed by atoms with E-state index < -0.39 is 20.0 Å². The van der Waals surface area contributed by atoms with Crippen molar-refractivity contribution in [1.29, 1.82) is 0 Å². The Morgan fingerprint density at radius 3 is 1.05 bits per heavy atom. The van der Waals surface area contributed by atoms with E-state index in [1.807, 2.05) is 21.1 Å². The fraction of sp³-hybridized carbons (Fsp3) is 0.982. The van der Waals surface area contributed by atoms with Crippen LogP contribution in [-0.4, -0.2) is 73.4 Å². The van der Waals surface area contributed by atoms with E-state index in [0.29, 0.717) is 23.9 Å². The van der Waals surface area contributed by atoms with E-state index in [4.69, 9.17) is 9.05 Å². The lowest BCUT2D eigenvalue weighted by molar-refractivity contribution is -0.870. The summed E-state index contributed by atoms with van der Waals surface area (Å²) >= 11 is 0. The summed E-state index contributed by atoms with van der Waals surface area (Å²) in [6.45, 7) is 4.92. The van der Waals surface area contributed by atoms with Gasteiger partial charge in [-0.3, -0.25) is 13.8 Å². The molecule has 0 aliphatic rings. The number of phosphoric acid groups is 1. The Hall–Kier alpha value is -0.500. The highest BCUT2D eigenvalue weighted by molar-refractivity contribution is 7.47. The second-order valence-corrected chi connectivity index (χ2v) is 22.5. The van der Waals surface area contributed by atoms with Crippen LogP contribution in [0.15, 0.2) is 0 Å². The summed E-state index contributed by atoms with van der Waals surface area (Å²) in [6.07, 6.45) is 56.1. The molecule has 0 saturated heterocycles. The van der Waals surface area contributed by atoms with E-state index in [2.05, 4.69) is 19.2 Å². The molecule has 3 N–H and O–H groups in total. The van der Waals surface area contributed by atoms with Gasteiger partial charge in [0.2, 0.25) is 5.91 Å². The SMILES string of the molecule is CCCCCCCCCCCCCCCCCCCCCCCCCCCCCCCCCC(=O)NC(COP(=O)(O)OCC[N+](C)(C)C)C(O)CCCCCCCCCCCCC. The molecule has 0 fully saturated rings. The average Bonchev–Trinajstić information content (AvgIpc) is 3.25. The van der Waals surface area contributed by atoms with E-state index >= 15 is 0 Å². The topological polar surface area (TPSA) is 105 Å². The first-order chi connectivity index (χ1) is 31.0. The van der Waals surface area contributed by atoms with Crippen molar-refractivity contribution in [2.75, 3.05) is 40.9 Å². The van der Waals surface area contributed by atoms with Gasteiger partial charge in [-0.05, 0) is 12.8 Å². The van der Waals surface area contributed by atoms with Crippen LogP contribution >= 0.6 is 7.82 Å². The molecule has 0 radical (unpaired) electrons. The smallest absolute Gasteiger partial charge is 0.391 e. The maximum atomic E-state index is 12.9. The fourth-order valence-electron chi connectivity index (χ4n) is 8.87. The van der Waals surface area contributed by atoms with Crippen molar-refractivity contribution in [2.45, 2.75) is 309 Å². The molecule has 0 saturated carbocycles. The molecular weight excluding hydrogens is 816 g/mol. The Morgan fingerprint density at radius 2 is 0.750 bits per heavy atom. The highest BCUT2D eigenvalue weighted by Gasteiger charge is 2.28. The molecule has 0 heterocycles. The quantitative estimate of drug-likeness (QED) is 0.0319. The minimum Gasteiger partial charge on any atom is -0.391 e. The van der Waals surface area contributed by atoms with Gasteiger partial charge in [-0.2, -0.15) is 0 Å². The molecule has 0 aliphatic heterocycles. The average molecular weight is 930 g/mol. The number of aliphatic hydroxyl groups is 1. The van der Waals surface area contributed by atoms with Crippen molar-refractivity contribution in [3.63, 3.8) is 0 Å². The molecule has 0 rings (SSSR count). The zero-order valence-electron chi connectivity index (χ0n) is 43.8. The van der Waals surface area contributed by atoms with Gasteiger partial charge in [-0.25, -0.2) is 4.57 Å². The number of nitrogens with one attached hydrogen (secondary N) is 1. The number of nitrogens with zero attached hydrogens (tertiary/aromatic N) is 1. The Kier molecular flexibility index (Phi) is 47.2. The summed E-state index contributed by atoms with van der Waals surface area (Å²) in [5.74, 6) is -0.138. The Balaban J connectivity index is 3.92. The molecule has 0 spiro atoms. The number of hydrogen-bond donors (Lipinski definition) is 3. The van der Waals surface area contributed by atoms with Crippen molar-refractivity contribution >= 4 is 13.7 Å². The largest absolute Gasteiger partial charge is 0.472 e. The third-order valence-corrected chi connectivity index (χ3v) is 14.3.